The Kier molecular flexibility index (Phi) is 6.16. The zero-order chi connectivity index (χ0) is 16.7. The number of nitrogens with zero attached hydrogens (tertiary/aromatic N) is 2. The summed E-state index contributed by atoms with van der Waals surface area (Å²) in [7, 11) is 0. The van der Waals surface area contributed by atoms with Gasteiger partial charge in [0.05, 0.1) is 11.3 Å². The van der Waals surface area contributed by atoms with Gasteiger partial charge in [-0.05, 0) is 26.0 Å². The molecule has 0 spiro atoms. The normalized spacial score (nSPS) is 10.3. The molecule has 1 N–H and O–H groups in total. The Morgan fingerprint density at radius 2 is 2.13 bits per heavy atom. The van der Waals surface area contributed by atoms with Crippen molar-refractivity contribution in [1.82, 2.24) is 15.5 Å². The number of ether oxygens (including phenoxy) is 1. The van der Waals surface area contributed by atoms with Crippen molar-refractivity contribution in [3.8, 4) is 0 Å². The molecule has 0 aliphatic carbocycles. The van der Waals surface area contributed by atoms with E-state index in [0.717, 1.165) is 4.90 Å². The van der Waals surface area contributed by atoms with Gasteiger partial charge in [-0.15, -0.1) is 11.8 Å². The zero-order valence-electron chi connectivity index (χ0n) is 12.9. The van der Waals surface area contributed by atoms with E-state index in [9.17, 15) is 9.59 Å². The van der Waals surface area contributed by atoms with Gasteiger partial charge in [0, 0.05) is 11.4 Å². The number of benzene rings is 1. The second-order valence-corrected chi connectivity index (χ2v) is 5.57. The first-order chi connectivity index (χ1) is 11.1. The molecule has 7 nitrogen and oxygen atoms in total. The highest BCUT2D eigenvalue weighted by Gasteiger charge is 2.15. The van der Waals surface area contributed by atoms with E-state index in [4.69, 9.17) is 9.26 Å². The first kappa shape index (κ1) is 17.0. The van der Waals surface area contributed by atoms with E-state index in [1.807, 2.05) is 6.07 Å². The van der Waals surface area contributed by atoms with Crippen molar-refractivity contribution in [2.45, 2.75) is 24.5 Å². The molecule has 0 fully saturated rings. The predicted octanol–water partition coefficient (Wildman–Crippen LogP) is 1.96. The van der Waals surface area contributed by atoms with Crippen molar-refractivity contribution in [3.05, 3.63) is 41.5 Å². The molecule has 1 aromatic heterocycles. The maximum atomic E-state index is 12.1. The minimum Gasteiger partial charge on any atom is -0.452 e. The lowest BCUT2D eigenvalue weighted by Gasteiger charge is -2.08. The van der Waals surface area contributed by atoms with Crippen LogP contribution < -0.4 is 5.32 Å². The fraction of sp³-hybridized carbons (Fsp3) is 0.333. The molecule has 122 valence electrons. The summed E-state index contributed by atoms with van der Waals surface area (Å²) in [6.45, 7) is 3.73. The summed E-state index contributed by atoms with van der Waals surface area (Å²) in [6.07, 6.45) is 0. The Bertz CT molecular complexity index is 687. The van der Waals surface area contributed by atoms with E-state index in [1.165, 1.54) is 11.8 Å². The minimum absolute atomic E-state index is 0.297. The number of likely N-dealkylation sites (N-methyl/N-ethyl adjacent to an activating group) is 1. The lowest BCUT2D eigenvalue weighted by atomic mass is 10.2. The highest BCUT2D eigenvalue weighted by molar-refractivity contribution is 7.98. The van der Waals surface area contributed by atoms with Crippen molar-refractivity contribution in [2.24, 2.45) is 0 Å². The van der Waals surface area contributed by atoms with Crippen molar-refractivity contribution >= 4 is 23.6 Å². The van der Waals surface area contributed by atoms with Gasteiger partial charge in [-0.2, -0.15) is 4.98 Å². The molecule has 0 unspecified atom stereocenters. The van der Waals surface area contributed by atoms with Gasteiger partial charge >= 0.3 is 5.97 Å². The molecule has 2 rings (SSSR count). The third kappa shape index (κ3) is 5.10. The monoisotopic (exact) mass is 335 g/mol. The zero-order valence-corrected chi connectivity index (χ0v) is 13.7. The van der Waals surface area contributed by atoms with Crippen LogP contribution in [0.15, 0.2) is 33.7 Å². The molecular formula is C15H17N3O4S. The van der Waals surface area contributed by atoms with Gasteiger partial charge in [0.1, 0.15) is 0 Å². The maximum Gasteiger partial charge on any atom is 0.339 e. The van der Waals surface area contributed by atoms with E-state index in [1.54, 1.807) is 32.0 Å². The number of carbonyl (C=O) groups is 2. The molecule has 1 aromatic carbocycles. The molecule has 1 amide bonds. The number of aryl methyl sites for hydroxylation is 1. The number of esters is 1. The van der Waals surface area contributed by atoms with Crippen LogP contribution in [0.4, 0.5) is 0 Å². The van der Waals surface area contributed by atoms with E-state index >= 15 is 0 Å². The summed E-state index contributed by atoms with van der Waals surface area (Å²) in [6, 6.07) is 7.02. The van der Waals surface area contributed by atoms with Crippen LogP contribution in [-0.2, 0) is 15.3 Å². The Balaban J connectivity index is 1.98. The van der Waals surface area contributed by atoms with E-state index in [2.05, 4.69) is 15.5 Å². The molecule has 8 heteroatoms. The van der Waals surface area contributed by atoms with Gasteiger partial charge < -0.3 is 14.6 Å². The van der Waals surface area contributed by atoms with Crippen LogP contribution in [0.5, 0.6) is 0 Å². The molecule has 2 aromatic rings. The quantitative estimate of drug-likeness (QED) is 0.610. The Morgan fingerprint density at radius 1 is 1.35 bits per heavy atom. The molecule has 0 bridgehead atoms. The van der Waals surface area contributed by atoms with Crippen LogP contribution in [0.2, 0.25) is 0 Å². The number of thioether (sulfide) groups is 1. The average molecular weight is 335 g/mol. The number of hydrogen-bond donors (Lipinski definition) is 1. The van der Waals surface area contributed by atoms with E-state index in [0.29, 0.717) is 29.6 Å². The van der Waals surface area contributed by atoms with Gasteiger partial charge in [-0.3, -0.25) is 4.79 Å². The molecule has 0 atom stereocenters. The summed E-state index contributed by atoms with van der Waals surface area (Å²) >= 11 is 1.39. The SMILES string of the molecule is CCNC(=O)COC(=O)c1ccccc1SCc1nc(C)no1. The number of carbonyl (C=O) groups excluding carboxylic acids is 2. The third-order valence-electron chi connectivity index (χ3n) is 2.74. The molecule has 1 heterocycles. The third-order valence-corrected chi connectivity index (χ3v) is 3.79. The smallest absolute Gasteiger partial charge is 0.339 e. The molecular weight excluding hydrogens is 318 g/mol. The highest BCUT2D eigenvalue weighted by atomic mass is 32.2. The Labute approximate surface area is 137 Å². The minimum atomic E-state index is -0.541. The van der Waals surface area contributed by atoms with E-state index in [-0.39, 0.29) is 12.5 Å². The molecule has 0 aliphatic rings. The summed E-state index contributed by atoms with van der Waals surface area (Å²) in [5.41, 5.74) is 0.401. The number of rotatable bonds is 7. The number of aromatic nitrogens is 2. The van der Waals surface area contributed by atoms with Gasteiger partial charge in [0.25, 0.3) is 5.91 Å². The second kappa shape index (κ2) is 8.33. The van der Waals surface area contributed by atoms with Crippen LogP contribution in [-0.4, -0.2) is 35.2 Å². The first-order valence-corrected chi connectivity index (χ1v) is 8.03. The van der Waals surface area contributed by atoms with Crippen LogP contribution in [0.1, 0.15) is 29.0 Å². The Hall–Kier alpha value is -2.35. The molecule has 0 saturated carbocycles. The first-order valence-electron chi connectivity index (χ1n) is 7.05. The van der Waals surface area contributed by atoms with Crippen molar-refractivity contribution in [2.75, 3.05) is 13.2 Å². The van der Waals surface area contributed by atoms with Crippen molar-refractivity contribution in [3.63, 3.8) is 0 Å². The summed E-state index contributed by atoms with van der Waals surface area (Å²) in [4.78, 5) is 28.3. The van der Waals surface area contributed by atoms with Gasteiger partial charge in [-0.1, -0.05) is 17.3 Å². The number of nitrogens with one attached hydrogen (secondary N) is 1. The average Bonchev–Trinajstić information content (AvgIpc) is 2.97. The van der Waals surface area contributed by atoms with Crippen LogP contribution in [0, 0.1) is 6.92 Å². The standard InChI is InChI=1S/C15H17N3O4S/c1-3-16-13(19)8-21-15(20)11-6-4-5-7-12(11)23-9-14-17-10(2)18-22-14/h4-7H,3,8-9H2,1-2H3,(H,16,19). The van der Waals surface area contributed by atoms with Crippen molar-refractivity contribution in [1.29, 1.82) is 0 Å². The second-order valence-electron chi connectivity index (χ2n) is 4.55. The van der Waals surface area contributed by atoms with Crippen LogP contribution in [0.25, 0.3) is 0 Å². The summed E-state index contributed by atoms with van der Waals surface area (Å²) in [5, 5.41) is 6.28. The van der Waals surface area contributed by atoms with Crippen LogP contribution in [0.3, 0.4) is 0 Å². The molecule has 0 saturated heterocycles. The highest BCUT2D eigenvalue weighted by Crippen LogP contribution is 2.26. The van der Waals surface area contributed by atoms with Gasteiger partial charge in [0.2, 0.25) is 5.89 Å². The van der Waals surface area contributed by atoms with Crippen molar-refractivity contribution < 1.29 is 18.8 Å². The van der Waals surface area contributed by atoms with Gasteiger partial charge in [-0.25, -0.2) is 4.79 Å². The van der Waals surface area contributed by atoms with Gasteiger partial charge in [0.15, 0.2) is 12.4 Å². The number of hydrogen-bond acceptors (Lipinski definition) is 7. The molecule has 0 radical (unpaired) electrons. The van der Waals surface area contributed by atoms with Crippen LogP contribution >= 0.6 is 11.8 Å². The predicted molar refractivity (Wildman–Crippen MR) is 84.0 cm³/mol. The summed E-state index contributed by atoms with van der Waals surface area (Å²) in [5.74, 6) is 0.628. The Morgan fingerprint density at radius 3 is 2.83 bits per heavy atom. The van der Waals surface area contributed by atoms with E-state index < -0.39 is 5.97 Å². The molecule has 23 heavy (non-hydrogen) atoms. The topological polar surface area (TPSA) is 94.3 Å². The summed E-state index contributed by atoms with van der Waals surface area (Å²) < 4.78 is 10.1. The fourth-order valence-electron chi connectivity index (χ4n) is 1.76. The fourth-order valence-corrected chi connectivity index (χ4v) is 2.63. The maximum absolute atomic E-state index is 12.1. The lowest BCUT2D eigenvalue weighted by Crippen LogP contribution is -2.28. The lowest BCUT2D eigenvalue weighted by molar-refractivity contribution is -0.124. The largest absolute Gasteiger partial charge is 0.452 e. The molecule has 0 aliphatic heterocycles. The number of amides is 1.